The maximum atomic E-state index is 12.7. The van der Waals surface area contributed by atoms with Crippen LogP contribution in [0.1, 0.15) is 124 Å². The maximum absolute atomic E-state index is 12.7. The lowest BCUT2D eigenvalue weighted by molar-refractivity contribution is -0.180. The second-order valence-electron chi connectivity index (χ2n) is 13.0. The molecule has 0 fully saturated rings. The summed E-state index contributed by atoms with van der Waals surface area (Å²) in [4.78, 5) is 78.2. The second-order valence-corrected chi connectivity index (χ2v) is 15.2. The number of ketones is 2. The zero-order valence-electron chi connectivity index (χ0n) is 30.7. The Kier molecular flexibility index (Phi) is 15.9. The minimum absolute atomic E-state index is 0.0175. The van der Waals surface area contributed by atoms with Gasteiger partial charge in [0.05, 0.1) is 34.8 Å². The van der Waals surface area contributed by atoms with Crippen LogP contribution in [-0.2, 0) is 33.4 Å². The van der Waals surface area contributed by atoms with Crippen LogP contribution in [0.25, 0.3) is 0 Å². The van der Waals surface area contributed by atoms with Gasteiger partial charge in [-0.3, -0.25) is 24.0 Å². The third-order valence-electron chi connectivity index (χ3n) is 9.09. The zero-order chi connectivity index (χ0) is 39.1. The summed E-state index contributed by atoms with van der Waals surface area (Å²) in [6.45, 7) is 5.33. The average molecular weight is 775 g/mol. The summed E-state index contributed by atoms with van der Waals surface area (Å²) in [5.74, 6) is -4.01. The van der Waals surface area contributed by atoms with Crippen molar-refractivity contribution in [1.82, 2.24) is 0 Å². The molecule has 3 atom stereocenters. The van der Waals surface area contributed by atoms with Crippen LogP contribution < -0.4 is 0 Å². The van der Waals surface area contributed by atoms with Crippen molar-refractivity contribution in [2.75, 3.05) is 13.2 Å². The molecule has 2 heterocycles. The van der Waals surface area contributed by atoms with Gasteiger partial charge in [0.1, 0.15) is 0 Å². The Morgan fingerprint density at radius 1 is 0.630 bits per heavy atom. The molecule has 1 N–H and O–H groups in total. The van der Waals surface area contributed by atoms with Gasteiger partial charge in [0.15, 0.2) is 0 Å². The van der Waals surface area contributed by atoms with E-state index in [4.69, 9.17) is 14.2 Å². The molecule has 0 aliphatic carbocycles. The van der Waals surface area contributed by atoms with Crippen LogP contribution in [-0.4, -0.2) is 59.4 Å². The summed E-state index contributed by atoms with van der Waals surface area (Å²) < 4.78 is 16.4. The van der Waals surface area contributed by atoms with Crippen molar-refractivity contribution in [3.63, 3.8) is 0 Å². The van der Waals surface area contributed by atoms with Gasteiger partial charge in [-0.25, -0.2) is 4.79 Å². The van der Waals surface area contributed by atoms with Gasteiger partial charge in [0.2, 0.25) is 17.2 Å². The van der Waals surface area contributed by atoms with Crippen molar-refractivity contribution >= 4 is 58.1 Å². The lowest BCUT2D eigenvalue weighted by atomic mass is 9.93. The first-order chi connectivity index (χ1) is 26.0. The van der Waals surface area contributed by atoms with Gasteiger partial charge in [-0.05, 0) is 83.1 Å². The average Bonchev–Trinajstić information content (AvgIpc) is 3.89. The number of esters is 3. The first-order valence-corrected chi connectivity index (χ1v) is 19.8. The topological polar surface area (TPSA) is 150 Å². The number of aliphatic carboxylic acids is 1. The van der Waals surface area contributed by atoms with E-state index in [-0.39, 0.29) is 44.0 Å². The Labute approximate surface area is 323 Å². The van der Waals surface area contributed by atoms with Crippen LogP contribution in [0, 0.1) is 0 Å². The molecule has 0 saturated heterocycles. The largest absolute Gasteiger partial charge is 0.478 e. The van der Waals surface area contributed by atoms with Gasteiger partial charge in [-0.15, -0.1) is 22.7 Å². The molecule has 0 spiro atoms. The van der Waals surface area contributed by atoms with Gasteiger partial charge in [-0.2, -0.15) is 0 Å². The molecular formula is C42H46O10S2. The molecule has 4 aromatic rings. The fourth-order valence-corrected chi connectivity index (χ4v) is 7.66. The highest BCUT2D eigenvalue weighted by molar-refractivity contribution is 7.14. The number of carboxylic acids is 1. The molecule has 0 amide bonds. The van der Waals surface area contributed by atoms with Gasteiger partial charge in [0.25, 0.3) is 0 Å². The van der Waals surface area contributed by atoms with E-state index in [1.54, 1.807) is 93.6 Å². The molecule has 54 heavy (non-hydrogen) atoms. The van der Waals surface area contributed by atoms with Gasteiger partial charge in [0, 0.05) is 27.3 Å². The summed E-state index contributed by atoms with van der Waals surface area (Å²) in [7, 11) is 0. The van der Waals surface area contributed by atoms with Crippen LogP contribution in [0.3, 0.4) is 0 Å². The van der Waals surface area contributed by atoms with Crippen molar-refractivity contribution < 1.29 is 48.1 Å². The highest BCUT2D eigenvalue weighted by atomic mass is 32.1. The van der Waals surface area contributed by atoms with Crippen LogP contribution in [0.5, 0.6) is 0 Å². The Morgan fingerprint density at radius 2 is 1.09 bits per heavy atom. The molecule has 0 bridgehead atoms. The number of benzene rings is 2. The molecule has 12 heteroatoms. The van der Waals surface area contributed by atoms with E-state index in [9.17, 15) is 33.9 Å². The highest BCUT2D eigenvalue weighted by Crippen LogP contribution is 2.30. The number of hydrogen-bond donors (Lipinski definition) is 1. The fraction of sp³-hybridized carbons (Fsp3) is 0.381. The van der Waals surface area contributed by atoms with Gasteiger partial charge < -0.3 is 19.3 Å². The number of ether oxygens (including phenoxy) is 3. The lowest BCUT2D eigenvalue weighted by Gasteiger charge is -2.28. The fourth-order valence-electron chi connectivity index (χ4n) is 5.64. The zero-order valence-corrected chi connectivity index (χ0v) is 32.4. The summed E-state index contributed by atoms with van der Waals surface area (Å²) in [5.41, 5.74) is -0.534. The van der Waals surface area contributed by atoms with E-state index in [1.807, 2.05) is 12.1 Å². The first-order valence-electron chi connectivity index (χ1n) is 18.1. The third kappa shape index (κ3) is 11.5. The van der Waals surface area contributed by atoms with Crippen LogP contribution in [0.15, 0.2) is 84.9 Å². The molecule has 3 unspecified atom stereocenters. The molecule has 2 aromatic heterocycles. The van der Waals surface area contributed by atoms with Crippen molar-refractivity contribution in [3.8, 4) is 0 Å². The summed E-state index contributed by atoms with van der Waals surface area (Å²) in [5, 5.41) is 9.98. The number of carbonyl (C=O) groups is 6. The predicted molar refractivity (Wildman–Crippen MR) is 206 cm³/mol. The van der Waals surface area contributed by atoms with Crippen molar-refractivity contribution in [2.45, 2.75) is 89.6 Å². The molecule has 286 valence electrons. The lowest BCUT2D eigenvalue weighted by Crippen LogP contribution is -2.43. The van der Waals surface area contributed by atoms with E-state index >= 15 is 0 Å². The molecular weight excluding hydrogens is 729 g/mol. The summed E-state index contributed by atoms with van der Waals surface area (Å²) >= 11 is 2.52. The maximum Gasteiger partial charge on any atom is 0.348 e. The molecule has 0 aliphatic heterocycles. The van der Waals surface area contributed by atoms with Crippen molar-refractivity contribution in [3.05, 3.63) is 116 Å². The molecule has 4 rings (SSSR count). The van der Waals surface area contributed by atoms with E-state index in [2.05, 4.69) is 0 Å². The molecule has 0 saturated carbocycles. The summed E-state index contributed by atoms with van der Waals surface area (Å²) in [6, 6.07) is 24.8. The number of unbranched alkanes of at least 4 members (excludes halogenated alkanes) is 3. The van der Waals surface area contributed by atoms with E-state index in [1.165, 1.54) is 22.7 Å². The van der Waals surface area contributed by atoms with Gasteiger partial charge >= 0.3 is 23.9 Å². The smallest absolute Gasteiger partial charge is 0.348 e. The summed E-state index contributed by atoms with van der Waals surface area (Å²) in [6.07, 6.45) is 2.40. The number of rotatable bonds is 22. The molecule has 0 radical (unpaired) electrons. The minimum atomic E-state index is -1.69. The molecule has 0 aliphatic rings. The Balaban J connectivity index is 1.12. The normalized spacial score (nSPS) is 13.2. The Hall–Kier alpha value is -4.94. The predicted octanol–water partition coefficient (Wildman–Crippen LogP) is 8.77. The van der Waals surface area contributed by atoms with Crippen molar-refractivity contribution in [2.24, 2.45) is 0 Å². The second kappa shape index (κ2) is 20.5. The molecule has 10 nitrogen and oxygen atoms in total. The first kappa shape index (κ1) is 41.8. The number of carbonyl (C=O) groups excluding carboxylic acids is 5. The van der Waals surface area contributed by atoms with E-state index < -0.39 is 41.3 Å². The van der Waals surface area contributed by atoms with Crippen LogP contribution >= 0.6 is 22.7 Å². The molecule has 2 aromatic carbocycles. The Morgan fingerprint density at radius 3 is 1.54 bits per heavy atom. The number of thiophene rings is 2. The Bertz CT molecular complexity index is 1880. The quantitative estimate of drug-likeness (QED) is 0.0355. The SMILES string of the molecule is CCC(CCCCOC(=O)C(C)c1ccc(C(=O)c2ccccc2)s1)(OC(=O)CCCCCOC(=O)C(C)c1ccc(C(=O)c2ccccc2)s1)C(=O)O. The van der Waals surface area contributed by atoms with Crippen LogP contribution in [0.4, 0.5) is 0 Å². The van der Waals surface area contributed by atoms with E-state index in [0.717, 1.165) is 4.88 Å². The standard InChI is InChI=1S/C42H46O10S2/c1-4-42(41(48)49,25-13-15-27-51-40(47)29(3)33-22-24-35(54-33)38(45)31-18-10-6-11-19-31)52-36(43)20-12-7-14-26-50-39(46)28(2)32-21-23-34(53-32)37(44)30-16-8-5-9-17-30/h5-6,8-11,16-19,21-24,28-29H,4,7,12-15,20,25-27H2,1-3H3,(H,48,49). The van der Waals surface area contributed by atoms with Crippen molar-refractivity contribution in [1.29, 1.82) is 0 Å². The monoisotopic (exact) mass is 774 g/mol. The van der Waals surface area contributed by atoms with E-state index in [0.29, 0.717) is 57.9 Å². The van der Waals surface area contributed by atoms with Gasteiger partial charge in [-0.1, -0.05) is 67.6 Å². The number of hydrogen-bond acceptors (Lipinski definition) is 11. The van der Waals surface area contributed by atoms with Crippen LogP contribution in [0.2, 0.25) is 0 Å². The number of carboxylic acid groups (broad SMARTS) is 1. The third-order valence-corrected chi connectivity index (χ3v) is 11.6. The minimum Gasteiger partial charge on any atom is -0.478 e. The highest BCUT2D eigenvalue weighted by Gasteiger charge is 2.40.